The standard InChI is InChI=1S/C21H23Br4N3O9S/c1-35-18-13(24)7-21(19(30)16(18)25)8-14(28-37-21)20(31)26-3-2-4-36-17-11(22)5-10(6-12(17)23)15(29)9-27-38(32,33)34/h5-7,15,19,27,29-30H,2-4,8-9H2,1H3,(H,26,31)(H,32,33,34). The lowest BCUT2D eigenvalue weighted by Crippen LogP contribution is -2.45. The van der Waals surface area contributed by atoms with Gasteiger partial charge in [0.2, 0.25) is 0 Å². The average molecular weight is 813 g/mol. The summed E-state index contributed by atoms with van der Waals surface area (Å²) in [5.41, 5.74) is -0.732. The zero-order valence-electron chi connectivity index (χ0n) is 19.6. The SMILES string of the molecule is COC1=C(Br)C(O)C2(C=C1Br)CC(C(=O)NCCCOc1c(Br)cc(C(O)CNS(=O)(=O)O)cc1Br)=NO2. The van der Waals surface area contributed by atoms with E-state index in [4.69, 9.17) is 18.9 Å². The number of halogens is 4. The number of rotatable bonds is 11. The first kappa shape index (κ1) is 31.5. The zero-order valence-corrected chi connectivity index (χ0v) is 26.7. The van der Waals surface area contributed by atoms with Crippen LogP contribution in [0.4, 0.5) is 0 Å². The predicted molar refractivity (Wildman–Crippen MR) is 151 cm³/mol. The molecule has 3 unspecified atom stereocenters. The fourth-order valence-corrected chi connectivity index (χ4v) is 7.19. The Morgan fingerprint density at radius 3 is 2.55 bits per heavy atom. The lowest BCUT2D eigenvalue weighted by atomic mass is 9.87. The monoisotopic (exact) mass is 809 g/mol. The highest BCUT2D eigenvalue weighted by Gasteiger charge is 2.50. The van der Waals surface area contributed by atoms with Gasteiger partial charge >= 0.3 is 10.3 Å². The van der Waals surface area contributed by atoms with Gasteiger partial charge < -0.3 is 29.8 Å². The largest absolute Gasteiger partial charge is 0.495 e. The zero-order chi connectivity index (χ0) is 28.3. The summed E-state index contributed by atoms with van der Waals surface area (Å²) in [6.07, 6.45) is -0.212. The molecule has 0 saturated heterocycles. The number of oxime groups is 1. The molecule has 38 heavy (non-hydrogen) atoms. The highest BCUT2D eigenvalue weighted by Crippen LogP contribution is 2.44. The van der Waals surface area contributed by atoms with E-state index in [-0.39, 0.29) is 25.3 Å². The molecule has 0 bridgehead atoms. The fourth-order valence-electron chi connectivity index (χ4n) is 3.58. The first-order chi connectivity index (χ1) is 17.8. The average Bonchev–Trinajstić information content (AvgIpc) is 3.26. The van der Waals surface area contributed by atoms with Crippen LogP contribution < -0.4 is 14.8 Å². The number of aliphatic hydroxyl groups excluding tert-OH is 2. The number of methoxy groups -OCH3 is 1. The van der Waals surface area contributed by atoms with Crippen molar-refractivity contribution in [3.63, 3.8) is 0 Å². The quantitative estimate of drug-likeness (QED) is 0.166. The Kier molecular flexibility index (Phi) is 10.8. The van der Waals surface area contributed by atoms with Gasteiger partial charge in [-0.3, -0.25) is 9.35 Å². The van der Waals surface area contributed by atoms with Crippen LogP contribution >= 0.6 is 63.7 Å². The number of ether oxygens (including phenoxy) is 2. The highest BCUT2D eigenvalue weighted by molar-refractivity contribution is 9.12. The van der Waals surface area contributed by atoms with E-state index in [1.54, 1.807) is 18.2 Å². The second-order valence-electron chi connectivity index (χ2n) is 8.15. The van der Waals surface area contributed by atoms with Crippen molar-refractivity contribution in [1.29, 1.82) is 0 Å². The van der Waals surface area contributed by atoms with E-state index in [2.05, 4.69) is 74.2 Å². The van der Waals surface area contributed by atoms with Crippen molar-refractivity contribution in [1.82, 2.24) is 10.0 Å². The summed E-state index contributed by atoms with van der Waals surface area (Å²) in [6.45, 7) is 0.101. The molecule has 17 heteroatoms. The van der Waals surface area contributed by atoms with Crippen molar-refractivity contribution in [2.45, 2.75) is 30.7 Å². The normalized spacial score (nSPS) is 22.1. The van der Waals surface area contributed by atoms with Gasteiger partial charge in [0.05, 0.1) is 37.7 Å². The van der Waals surface area contributed by atoms with Crippen LogP contribution in [0.5, 0.6) is 5.75 Å². The van der Waals surface area contributed by atoms with E-state index in [0.717, 1.165) is 0 Å². The molecule has 0 saturated carbocycles. The minimum Gasteiger partial charge on any atom is -0.495 e. The van der Waals surface area contributed by atoms with Crippen molar-refractivity contribution < 1.29 is 42.3 Å². The molecule has 1 spiro atoms. The molecular formula is C21H23Br4N3O9S. The van der Waals surface area contributed by atoms with Crippen LogP contribution in [0.1, 0.15) is 24.5 Å². The molecule has 1 aliphatic heterocycles. The molecule has 3 rings (SSSR count). The predicted octanol–water partition coefficient (Wildman–Crippen LogP) is 2.94. The lowest BCUT2D eigenvalue weighted by Gasteiger charge is -2.33. The maximum absolute atomic E-state index is 12.6. The van der Waals surface area contributed by atoms with E-state index in [0.29, 0.717) is 41.4 Å². The number of nitrogens with zero attached hydrogens (tertiary/aromatic N) is 1. The summed E-state index contributed by atoms with van der Waals surface area (Å²) in [5.74, 6) is 0.432. The summed E-state index contributed by atoms with van der Waals surface area (Å²) < 4.78 is 45.1. The van der Waals surface area contributed by atoms with E-state index >= 15 is 0 Å². The third-order valence-corrected chi connectivity index (χ3v) is 8.55. The number of nitrogens with one attached hydrogen (secondary N) is 2. The van der Waals surface area contributed by atoms with Crippen LogP contribution in [0.15, 0.2) is 47.0 Å². The van der Waals surface area contributed by atoms with Crippen molar-refractivity contribution in [3.8, 4) is 5.75 Å². The number of benzene rings is 1. The van der Waals surface area contributed by atoms with E-state index < -0.39 is 40.6 Å². The Morgan fingerprint density at radius 1 is 1.29 bits per heavy atom. The number of carbonyl (C=O) groups excluding carboxylic acids is 1. The number of aliphatic hydroxyl groups is 2. The van der Waals surface area contributed by atoms with Gasteiger partial charge in [-0.05, 0) is 93.9 Å². The first-order valence-corrected chi connectivity index (χ1v) is 15.4. The van der Waals surface area contributed by atoms with Crippen LogP contribution in [0, 0.1) is 0 Å². The van der Waals surface area contributed by atoms with E-state index in [1.807, 2.05) is 4.72 Å². The minimum atomic E-state index is -4.43. The smallest absolute Gasteiger partial charge is 0.333 e. The Balaban J connectivity index is 1.47. The third kappa shape index (κ3) is 7.57. The third-order valence-electron chi connectivity index (χ3n) is 5.46. The first-order valence-electron chi connectivity index (χ1n) is 10.8. The number of hydrogen-bond donors (Lipinski definition) is 5. The molecule has 210 valence electrons. The van der Waals surface area contributed by atoms with Crippen molar-refractivity contribution in [2.24, 2.45) is 5.16 Å². The Labute approximate surface area is 252 Å². The van der Waals surface area contributed by atoms with Gasteiger partial charge in [0.1, 0.15) is 23.3 Å². The van der Waals surface area contributed by atoms with Crippen LogP contribution in [0.3, 0.4) is 0 Å². The maximum atomic E-state index is 12.6. The highest BCUT2D eigenvalue weighted by atomic mass is 79.9. The van der Waals surface area contributed by atoms with Crippen LogP contribution in [-0.4, -0.2) is 73.3 Å². The minimum absolute atomic E-state index is 0.0511. The molecule has 1 aliphatic carbocycles. The summed E-state index contributed by atoms with van der Waals surface area (Å²) in [4.78, 5) is 18.1. The van der Waals surface area contributed by atoms with Crippen LogP contribution in [0.2, 0.25) is 0 Å². The van der Waals surface area contributed by atoms with Gasteiger partial charge in [0.25, 0.3) is 5.91 Å². The second kappa shape index (κ2) is 13.1. The lowest BCUT2D eigenvalue weighted by molar-refractivity contribution is -0.114. The Hall–Kier alpha value is -1.05. The topological polar surface area (TPSA) is 176 Å². The molecule has 3 atom stereocenters. The van der Waals surface area contributed by atoms with E-state index in [1.165, 1.54) is 7.11 Å². The Bertz CT molecular complexity index is 1270. The molecule has 1 heterocycles. The summed E-state index contributed by atoms with van der Waals surface area (Å²) in [6, 6.07) is 3.11. The number of amides is 1. The van der Waals surface area contributed by atoms with Gasteiger partial charge in [0.15, 0.2) is 5.60 Å². The van der Waals surface area contributed by atoms with Gasteiger partial charge in [-0.1, -0.05) is 5.16 Å². The van der Waals surface area contributed by atoms with Gasteiger partial charge in [-0.2, -0.15) is 13.1 Å². The van der Waals surface area contributed by atoms with E-state index in [9.17, 15) is 23.4 Å². The molecule has 5 N–H and O–H groups in total. The Morgan fingerprint density at radius 2 is 1.95 bits per heavy atom. The van der Waals surface area contributed by atoms with Crippen LogP contribution in [-0.2, 0) is 24.7 Å². The second-order valence-corrected chi connectivity index (χ2v) is 12.8. The van der Waals surface area contributed by atoms with Gasteiger partial charge in [0, 0.05) is 19.5 Å². The fraction of sp³-hybridized carbons (Fsp3) is 0.429. The number of allylic oxidation sites excluding steroid dienone is 1. The summed E-state index contributed by atoms with van der Waals surface area (Å²) >= 11 is 13.4. The number of carbonyl (C=O) groups is 1. The molecule has 2 aliphatic rings. The molecule has 12 nitrogen and oxygen atoms in total. The van der Waals surface area contributed by atoms with Crippen molar-refractivity contribution in [2.75, 3.05) is 26.8 Å². The molecular weight excluding hydrogens is 790 g/mol. The number of hydrogen-bond acceptors (Lipinski definition) is 9. The maximum Gasteiger partial charge on any atom is 0.333 e. The van der Waals surface area contributed by atoms with Gasteiger partial charge in [-0.15, -0.1) is 0 Å². The van der Waals surface area contributed by atoms with Gasteiger partial charge in [-0.25, -0.2) is 0 Å². The summed E-state index contributed by atoms with van der Waals surface area (Å²) in [7, 11) is -2.96. The van der Waals surface area contributed by atoms with Crippen LogP contribution in [0.25, 0.3) is 0 Å². The molecule has 0 fully saturated rings. The van der Waals surface area contributed by atoms with Crippen molar-refractivity contribution in [3.05, 3.63) is 47.4 Å². The summed E-state index contributed by atoms with van der Waals surface area (Å²) in [5, 5.41) is 27.5. The molecule has 1 amide bonds. The molecule has 0 aromatic heterocycles. The molecule has 1 aromatic carbocycles. The molecule has 0 radical (unpaired) electrons. The van der Waals surface area contributed by atoms with Crippen molar-refractivity contribution >= 4 is 85.6 Å². The molecule has 1 aromatic rings.